The molecule has 0 aliphatic heterocycles. The number of benzene rings is 3. The first-order chi connectivity index (χ1) is 14.8. The number of nitrogens with one attached hydrogen (secondary N) is 1. The van der Waals surface area contributed by atoms with Gasteiger partial charge in [-0.05, 0) is 30.5 Å². The Kier molecular flexibility index (Phi) is 6.74. The Morgan fingerprint density at radius 1 is 0.667 bits per heavy atom. The summed E-state index contributed by atoms with van der Waals surface area (Å²) < 4.78 is 0. The fourth-order valence-corrected chi connectivity index (χ4v) is 4.53. The molecule has 0 radical (unpaired) electrons. The molecule has 2 heteroatoms. The van der Waals surface area contributed by atoms with Crippen LogP contribution in [0.15, 0.2) is 66.7 Å². The van der Waals surface area contributed by atoms with E-state index < -0.39 is 0 Å². The van der Waals surface area contributed by atoms with E-state index in [1.165, 1.54) is 77.1 Å². The van der Waals surface area contributed by atoms with Crippen LogP contribution in [0.3, 0.4) is 0 Å². The van der Waals surface area contributed by atoms with Gasteiger partial charge in [0.25, 0.3) is 0 Å². The molecule has 0 aliphatic rings. The molecule has 0 unspecified atom stereocenters. The second-order valence-corrected chi connectivity index (χ2v) is 8.32. The number of aromatic amines is 1. The third-order valence-corrected chi connectivity index (χ3v) is 6.13. The van der Waals surface area contributed by atoms with Crippen LogP contribution in [0.25, 0.3) is 32.9 Å². The van der Waals surface area contributed by atoms with Crippen LogP contribution in [0.1, 0.15) is 52.4 Å². The van der Waals surface area contributed by atoms with Gasteiger partial charge in [0.2, 0.25) is 0 Å². The molecule has 4 rings (SSSR count). The number of hydrogen-bond acceptors (Lipinski definition) is 1. The molecule has 0 aliphatic carbocycles. The third-order valence-electron chi connectivity index (χ3n) is 6.13. The molecule has 4 aromatic rings. The summed E-state index contributed by atoms with van der Waals surface area (Å²) in [4.78, 5) is 6.39. The lowest BCUT2D eigenvalue weighted by Gasteiger charge is -2.28. The number of H-pyrrole nitrogens is 1. The zero-order valence-electron chi connectivity index (χ0n) is 18.5. The van der Waals surface area contributed by atoms with Crippen LogP contribution >= 0.6 is 0 Å². The summed E-state index contributed by atoms with van der Waals surface area (Å²) in [6.07, 6.45) is 7.60. The van der Waals surface area contributed by atoms with Crippen LogP contribution < -0.4 is 4.90 Å². The highest BCUT2D eigenvalue weighted by Gasteiger charge is 2.18. The van der Waals surface area contributed by atoms with E-state index in [0.29, 0.717) is 0 Å². The molecule has 0 saturated carbocycles. The Morgan fingerprint density at radius 2 is 1.33 bits per heavy atom. The minimum atomic E-state index is 1.13. The molecule has 0 amide bonds. The second kappa shape index (κ2) is 9.84. The Balaban J connectivity index is 1.87. The van der Waals surface area contributed by atoms with Gasteiger partial charge in [0, 0.05) is 40.6 Å². The lowest BCUT2D eigenvalue weighted by Crippen LogP contribution is -2.26. The molecule has 3 aromatic carbocycles. The van der Waals surface area contributed by atoms with Gasteiger partial charge >= 0.3 is 0 Å². The first-order valence-corrected chi connectivity index (χ1v) is 11.7. The summed E-state index contributed by atoms with van der Waals surface area (Å²) in [6.45, 7) is 6.83. The van der Waals surface area contributed by atoms with Gasteiger partial charge in [0.15, 0.2) is 0 Å². The number of nitrogens with zero attached hydrogens (tertiary/aromatic N) is 1. The number of rotatable bonds is 10. The number of para-hydroxylation sites is 1. The van der Waals surface area contributed by atoms with E-state index in [9.17, 15) is 0 Å². The highest BCUT2D eigenvalue weighted by Crippen LogP contribution is 2.40. The highest BCUT2D eigenvalue weighted by molar-refractivity contribution is 6.14. The Bertz CT molecular complexity index is 1070. The van der Waals surface area contributed by atoms with Crippen molar-refractivity contribution >= 4 is 27.5 Å². The first kappa shape index (κ1) is 20.5. The summed E-state index contributed by atoms with van der Waals surface area (Å²) >= 11 is 0. The minimum absolute atomic E-state index is 1.13. The summed E-state index contributed by atoms with van der Waals surface area (Å²) in [5.41, 5.74) is 6.48. The van der Waals surface area contributed by atoms with Gasteiger partial charge in [-0.25, -0.2) is 0 Å². The van der Waals surface area contributed by atoms with Crippen molar-refractivity contribution in [3.05, 3.63) is 66.7 Å². The SMILES string of the molecule is CCCCCN(CCCCC)c1ccc2c([nH]c3ccccc32)c1-c1ccccc1. The maximum Gasteiger partial charge on any atom is 0.0565 e. The largest absolute Gasteiger partial charge is 0.371 e. The average Bonchev–Trinajstić information content (AvgIpc) is 3.17. The molecular weight excluding hydrogens is 364 g/mol. The van der Waals surface area contributed by atoms with Crippen molar-refractivity contribution in [2.45, 2.75) is 52.4 Å². The van der Waals surface area contributed by atoms with E-state index in [1.54, 1.807) is 0 Å². The zero-order chi connectivity index (χ0) is 20.8. The standard InChI is InChI=1S/C28H34N2/c1-3-5-12-20-30(21-13-6-4-2)26-19-18-24-23-16-10-11-17-25(23)29-28(24)27(26)22-14-8-7-9-15-22/h7-11,14-19,29H,3-6,12-13,20-21H2,1-2H3. The molecule has 156 valence electrons. The van der Waals surface area contributed by atoms with E-state index in [-0.39, 0.29) is 0 Å². The first-order valence-electron chi connectivity index (χ1n) is 11.7. The van der Waals surface area contributed by atoms with Gasteiger partial charge in [0.05, 0.1) is 5.52 Å². The predicted octanol–water partition coefficient (Wildman–Crippen LogP) is 8.17. The highest BCUT2D eigenvalue weighted by atomic mass is 15.1. The molecule has 1 heterocycles. The quantitative estimate of drug-likeness (QED) is 0.267. The van der Waals surface area contributed by atoms with Crippen LogP contribution in [0.4, 0.5) is 5.69 Å². The lowest BCUT2D eigenvalue weighted by molar-refractivity contribution is 0.637. The van der Waals surface area contributed by atoms with Gasteiger partial charge in [-0.3, -0.25) is 0 Å². The van der Waals surface area contributed by atoms with Crippen LogP contribution in [-0.2, 0) is 0 Å². The van der Waals surface area contributed by atoms with E-state index >= 15 is 0 Å². The molecule has 1 N–H and O–H groups in total. The number of hydrogen-bond donors (Lipinski definition) is 1. The van der Waals surface area contributed by atoms with E-state index in [1.807, 2.05) is 0 Å². The normalized spacial score (nSPS) is 11.4. The molecule has 0 spiro atoms. The Labute approximate surface area is 180 Å². The second-order valence-electron chi connectivity index (χ2n) is 8.32. The van der Waals surface area contributed by atoms with Crippen LogP contribution in [0.2, 0.25) is 0 Å². The zero-order valence-corrected chi connectivity index (χ0v) is 18.5. The number of fused-ring (bicyclic) bond motifs is 3. The van der Waals surface area contributed by atoms with Crippen molar-refractivity contribution in [2.24, 2.45) is 0 Å². The summed E-state index contributed by atoms with van der Waals surface area (Å²) in [5, 5.41) is 2.62. The number of aromatic nitrogens is 1. The van der Waals surface area contributed by atoms with Crippen LogP contribution in [0, 0.1) is 0 Å². The maximum absolute atomic E-state index is 3.75. The van der Waals surface area contributed by atoms with E-state index in [2.05, 4.69) is 90.5 Å². The van der Waals surface area contributed by atoms with Crippen molar-refractivity contribution in [1.82, 2.24) is 4.98 Å². The number of anilines is 1. The summed E-state index contributed by atoms with van der Waals surface area (Å²) in [6, 6.07) is 24.3. The predicted molar refractivity (Wildman–Crippen MR) is 133 cm³/mol. The lowest BCUT2D eigenvalue weighted by atomic mass is 9.98. The van der Waals surface area contributed by atoms with Gasteiger partial charge in [-0.15, -0.1) is 0 Å². The Morgan fingerprint density at radius 3 is 2.03 bits per heavy atom. The van der Waals surface area contributed by atoms with E-state index in [4.69, 9.17) is 0 Å². The van der Waals surface area contributed by atoms with Crippen molar-refractivity contribution < 1.29 is 0 Å². The summed E-state index contributed by atoms with van der Waals surface area (Å²) in [7, 11) is 0. The molecule has 0 atom stereocenters. The molecule has 30 heavy (non-hydrogen) atoms. The number of unbranched alkanes of at least 4 members (excludes halogenated alkanes) is 4. The van der Waals surface area contributed by atoms with Crippen molar-refractivity contribution in [1.29, 1.82) is 0 Å². The molecular formula is C28H34N2. The smallest absolute Gasteiger partial charge is 0.0565 e. The van der Waals surface area contributed by atoms with Crippen LogP contribution in [-0.4, -0.2) is 18.1 Å². The third kappa shape index (κ3) is 4.23. The average molecular weight is 399 g/mol. The van der Waals surface area contributed by atoms with Crippen molar-refractivity contribution in [2.75, 3.05) is 18.0 Å². The Hall–Kier alpha value is -2.74. The van der Waals surface area contributed by atoms with Crippen LogP contribution in [0.5, 0.6) is 0 Å². The molecule has 2 nitrogen and oxygen atoms in total. The molecule has 1 aromatic heterocycles. The minimum Gasteiger partial charge on any atom is -0.371 e. The van der Waals surface area contributed by atoms with Gasteiger partial charge in [0.1, 0.15) is 0 Å². The van der Waals surface area contributed by atoms with Gasteiger partial charge in [-0.2, -0.15) is 0 Å². The van der Waals surface area contributed by atoms with Crippen molar-refractivity contribution in [3.8, 4) is 11.1 Å². The van der Waals surface area contributed by atoms with Crippen molar-refractivity contribution in [3.63, 3.8) is 0 Å². The molecule has 0 fully saturated rings. The monoisotopic (exact) mass is 398 g/mol. The molecule has 0 saturated heterocycles. The van der Waals surface area contributed by atoms with E-state index in [0.717, 1.165) is 13.1 Å². The van der Waals surface area contributed by atoms with Gasteiger partial charge < -0.3 is 9.88 Å². The maximum atomic E-state index is 3.75. The molecule has 0 bridgehead atoms. The van der Waals surface area contributed by atoms with Gasteiger partial charge in [-0.1, -0.05) is 94.1 Å². The summed E-state index contributed by atoms with van der Waals surface area (Å²) in [5.74, 6) is 0. The fraction of sp³-hybridized carbons (Fsp3) is 0.357. The fourth-order valence-electron chi connectivity index (χ4n) is 4.53. The topological polar surface area (TPSA) is 19.0 Å².